The number of nitrogens with two attached hydrogens (primary N) is 1. The van der Waals surface area contributed by atoms with Gasteiger partial charge in [0.1, 0.15) is 11.6 Å². The fourth-order valence-corrected chi connectivity index (χ4v) is 4.97. The number of nitrogen functional groups attached to an aromatic ring is 1. The molecule has 1 saturated carbocycles. The summed E-state index contributed by atoms with van der Waals surface area (Å²) in [4.78, 5) is 28.7. The molecule has 0 radical (unpaired) electrons. The first-order chi connectivity index (χ1) is 16.1. The molecule has 0 bridgehead atoms. The number of amides is 1. The Morgan fingerprint density at radius 2 is 2.00 bits per heavy atom. The molecular formula is C24H22N6O2S. The number of fused-ring (bicyclic) bond motifs is 3. The van der Waals surface area contributed by atoms with Gasteiger partial charge in [-0.05, 0) is 48.5 Å². The Kier molecular flexibility index (Phi) is 4.81. The Morgan fingerprint density at radius 3 is 2.73 bits per heavy atom. The largest absolute Gasteiger partial charge is 0.383 e. The number of aromatic nitrogens is 4. The average Bonchev–Trinajstić information content (AvgIpc) is 3.40. The van der Waals surface area contributed by atoms with Gasteiger partial charge in [-0.2, -0.15) is 4.37 Å². The lowest BCUT2D eigenvalue weighted by atomic mass is 10.0. The lowest BCUT2D eigenvalue weighted by molar-refractivity contribution is 0.0984. The standard InChI is InChI=1S/C24H22N6O2S/c1-13-21(12-33-29-13)30(24(31)16-7-26-23(27-8-16)15-3-4-15)9-14-2-5-17-18-10-32-11-19(18)22(25)28-20(17)6-14/h2,5-8,12,15H,3-4,9-11H2,1H3,(H2,25,28). The highest BCUT2D eigenvalue weighted by atomic mass is 32.1. The maximum atomic E-state index is 13.5. The molecule has 2 aliphatic rings. The van der Waals surface area contributed by atoms with Crippen molar-refractivity contribution in [3.05, 3.63) is 69.7 Å². The fourth-order valence-electron chi connectivity index (χ4n) is 4.27. The zero-order chi connectivity index (χ0) is 22.5. The van der Waals surface area contributed by atoms with E-state index < -0.39 is 0 Å². The van der Waals surface area contributed by atoms with Crippen LogP contribution in [0.3, 0.4) is 0 Å². The van der Waals surface area contributed by atoms with Gasteiger partial charge in [0.2, 0.25) is 0 Å². The normalized spacial score (nSPS) is 15.1. The van der Waals surface area contributed by atoms with Crippen molar-refractivity contribution in [1.29, 1.82) is 0 Å². The summed E-state index contributed by atoms with van der Waals surface area (Å²) >= 11 is 1.33. The molecule has 2 N–H and O–H groups in total. The molecule has 3 aromatic heterocycles. The van der Waals surface area contributed by atoms with E-state index in [9.17, 15) is 4.79 Å². The molecule has 1 amide bonds. The van der Waals surface area contributed by atoms with Crippen LogP contribution < -0.4 is 10.6 Å². The number of carbonyl (C=O) groups excluding carboxylic acids is 1. The topological polar surface area (TPSA) is 107 Å². The number of hydrogen-bond donors (Lipinski definition) is 1. The predicted octanol–water partition coefficient (Wildman–Crippen LogP) is 4.13. The van der Waals surface area contributed by atoms with Gasteiger partial charge in [-0.3, -0.25) is 4.79 Å². The van der Waals surface area contributed by atoms with Gasteiger partial charge < -0.3 is 15.4 Å². The number of pyridine rings is 1. The van der Waals surface area contributed by atoms with Crippen molar-refractivity contribution in [3.8, 4) is 0 Å². The summed E-state index contributed by atoms with van der Waals surface area (Å²) < 4.78 is 9.95. The van der Waals surface area contributed by atoms with E-state index in [0.29, 0.717) is 37.1 Å². The Bertz CT molecular complexity index is 1380. The third kappa shape index (κ3) is 3.63. The Balaban J connectivity index is 1.36. The minimum atomic E-state index is -0.157. The van der Waals surface area contributed by atoms with E-state index in [-0.39, 0.29) is 5.91 Å². The fraction of sp³-hybridized carbons (Fsp3) is 0.292. The van der Waals surface area contributed by atoms with Crippen LogP contribution in [-0.2, 0) is 24.5 Å². The lowest BCUT2D eigenvalue weighted by Crippen LogP contribution is -2.31. The number of hydrogen-bond acceptors (Lipinski definition) is 8. The van der Waals surface area contributed by atoms with E-state index in [4.69, 9.17) is 10.5 Å². The number of benzene rings is 1. The number of ether oxygens (including phenoxy) is 1. The van der Waals surface area contributed by atoms with Gasteiger partial charge in [0.05, 0.1) is 42.2 Å². The molecule has 1 fully saturated rings. The first-order valence-corrected chi connectivity index (χ1v) is 11.7. The lowest BCUT2D eigenvalue weighted by Gasteiger charge is -2.22. The quantitative estimate of drug-likeness (QED) is 0.479. The van der Waals surface area contributed by atoms with Gasteiger partial charge in [0.25, 0.3) is 5.91 Å². The van der Waals surface area contributed by atoms with E-state index in [1.807, 2.05) is 30.5 Å². The zero-order valence-electron chi connectivity index (χ0n) is 18.1. The van der Waals surface area contributed by atoms with Crippen LogP contribution in [0.15, 0.2) is 36.0 Å². The molecule has 1 aliphatic carbocycles. The Morgan fingerprint density at radius 1 is 1.21 bits per heavy atom. The van der Waals surface area contributed by atoms with Crippen molar-refractivity contribution >= 4 is 39.8 Å². The van der Waals surface area contributed by atoms with Gasteiger partial charge in [-0.15, -0.1) is 0 Å². The minimum absolute atomic E-state index is 0.157. The van der Waals surface area contributed by atoms with E-state index in [1.165, 1.54) is 11.5 Å². The number of carbonyl (C=O) groups is 1. The van der Waals surface area contributed by atoms with E-state index in [1.54, 1.807) is 17.3 Å². The summed E-state index contributed by atoms with van der Waals surface area (Å²) in [5.41, 5.74) is 12.0. The van der Waals surface area contributed by atoms with Gasteiger partial charge in [-0.1, -0.05) is 12.1 Å². The molecule has 9 heteroatoms. The molecule has 1 aromatic carbocycles. The summed E-state index contributed by atoms with van der Waals surface area (Å²) in [5, 5.41) is 2.93. The van der Waals surface area contributed by atoms with Crippen molar-refractivity contribution in [3.63, 3.8) is 0 Å². The van der Waals surface area contributed by atoms with Crippen LogP contribution in [0.1, 0.15) is 57.3 Å². The predicted molar refractivity (Wildman–Crippen MR) is 126 cm³/mol. The summed E-state index contributed by atoms with van der Waals surface area (Å²) in [6.07, 6.45) is 5.51. The SMILES string of the molecule is Cc1nscc1N(Cc1ccc2c3c(c(N)nc2c1)COC3)C(=O)c1cnc(C2CC2)nc1. The van der Waals surface area contributed by atoms with Gasteiger partial charge in [-0.25, -0.2) is 15.0 Å². The second-order valence-electron chi connectivity index (χ2n) is 8.58. The van der Waals surface area contributed by atoms with Crippen molar-refractivity contribution in [2.75, 3.05) is 10.6 Å². The van der Waals surface area contributed by atoms with E-state index in [0.717, 1.165) is 57.6 Å². The van der Waals surface area contributed by atoms with Crippen LogP contribution in [0.5, 0.6) is 0 Å². The average molecular weight is 459 g/mol. The van der Waals surface area contributed by atoms with Crippen LogP contribution in [-0.4, -0.2) is 25.2 Å². The third-order valence-corrected chi connectivity index (χ3v) is 6.96. The van der Waals surface area contributed by atoms with Crippen molar-refractivity contribution in [2.45, 2.75) is 45.4 Å². The smallest absolute Gasteiger partial charge is 0.261 e. The maximum Gasteiger partial charge on any atom is 0.261 e. The molecule has 166 valence electrons. The molecule has 8 nitrogen and oxygen atoms in total. The van der Waals surface area contributed by atoms with Crippen LogP contribution in [0.2, 0.25) is 0 Å². The van der Waals surface area contributed by atoms with Crippen molar-refractivity contribution in [1.82, 2.24) is 19.3 Å². The maximum absolute atomic E-state index is 13.5. The molecule has 4 aromatic rings. The Hall–Kier alpha value is -3.43. The highest BCUT2D eigenvalue weighted by Crippen LogP contribution is 2.37. The van der Waals surface area contributed by atoms with Crippen LogP contribution in [0, 0.1) is 6.92 Å². The highest BCUT2D eigenvalue weighted by molar-refractivity contribution is 7.04. The number of anilines is 2. The number of rotatable bonds is 5. The van der Waals surface area contributed by atoms with Gasteiger partial charge in [0.15, 0.2) is 0 Å². The third-order valence-electron chi connectivity index (χ3n) is 6.26. The molecule has 33 heavy (non-hydrogen) atoms. The monoisotopic (exact) mass is 458 g/mol. The van der Waals surface area contributed by atoms with Gasteiger partial charge in [0, 0.05) is 34.6 Å². The number of aryl methyl sites for hydroxylation is 1. The summed E-state index contributed by atoms with van der Waals surface area (Å²) in [6.45, 7) is 3.32. The second kappa shape index (κ2) is 7.86. The van der Waals surface area contributed by atoms with E-state index in [2.05, 4.69) is 19.3 Å². The van der Waals surface area contributed by atoms with E-state index >= 15 is 0 Å². The van der Waals surface area contributed by atoms with Crippen molar-refractivity contribution in [2.24, 2.45) is 0 Å². The molecule has 1 aliphatic heterocycles. The van der Waals surface area contributed by atoms with Crippen LogP contribution >= 0.6 is 11.5 Å². The first-order valence-electron chi connectivity index (χ1n) is 10.9. The molecule has 4 heterocycles. The molecule has 0 spiro atoms. The number of nitrogens with zero attached hydrogens (tertiary/aromatic N) is 5. The molecule has 6 rings (SSSR count). The zero-order valence-corrected chi connectivity index (χ0v) is 18.9. The van der Waals surface area contributed by atoms with Gasteiger partial charge >= 0.3 is 0 Å². The summed E-state index contributed by atoms with van der Waals surface area (Å²) in [6, 6.07) is 6.06. The van der Waals surface area contributed by atoms with Crippen LogP contribution in [0.4, 0.5) is 11.5 Å². The highest BCUT2D eigenvalue weighted by Gasteiger charge is 2.28. The first kappa shape index (κ1) is 20.2. The Labute approximate surface area is 194 Å². The van der Waals surface area contributed by atoms with Crippen molar-refractivity contribution < 1.29 is 9.53 Å². The van der Waals surface area contributed by atoms with Crippen LogP contribution in [0.25, 0.3) is 10.9 Å². The summed E-state index contributed by atoms with van der Waals surface area (Å²) in [7, 11) is 0. The molecule has 0 saturated heterocycles. The summed E-state index contributed by atoms with van der Waals surface area (Å²) in [5.74, 6) is 1.61. The second-order valence-corrected chi connectivity index (χ2v) is 9.21. The molecule has 0 atom stereocenters. The minimum Gasteiger partial charge on any atom is -0.383 e. The molecule has 0 unspecified atom stereocenters. The molecular weight excluding hydrogens is 436 g/mol.